The van der Waals surface area contributed by atoms with E-state index in [2.05, 4.69) is 5.32 Å². The summed E-state index contributed by atoms with van der Waals surface area (Å²) in [5.74, 6) is -4.42. The van der Waals surface area contributed by atoms with Crippen molar-refractivity contribution in [2.45, 2.75) is 6.42 Å². The number of hydrogen-bond acceptors (Lipinski definition) is 4. The molecule has 0 aliphatic heterocycles. The molecule has 0 radical (unpaired) electrons. The van der Waals surface area contributed by atoms with Crippen molar-refractivity contribution in [1.29, 1.82) is 0 Å². The van der Waals surface area contributed by atoms with Crippen LogP contribution in [0.25, 0.3) is 0 Å². The molecule has 4 unspecified atom stereocenters. The summed E-state index contributed by atoms with van der Waals surface area (Å²) in [7, 11) is 0. The summed E-state index contributed by atoms with van der Waals surface area (Å²) < 4.78 is 13.3. The molecule has 120 valence electrons. The highest BCUT2D eigenvalue weighted by Gasteiger charge is 2.51. The molecule has 2 bridgehead atoms. The number of benzene rings is 1. The van der Waals surface area contributed by atoms with Crippen molar-refractivity contribution in [3.63, 3.8) is 0 Å². The Bertz CT molecular complexity index is 733. The highest BCUT2D eigenvalue weighted by Crippen LogP contribution is 2.48. The first-order valence-corrected chi connectivity index (χ1v) is 7.04. The average molecular weight is 320 g/mol. The molecule has 2 aliphatic rings. The molecule has 0 heterocycles. The third-order valence-electron chi connectivity index (χ3n) is 4.46. The van der Waals surface area contributed by atoms with Gasteiger partial charge in [0.25, 0.3) is 0 Å². The first-order chi connectivity index (χ1) is 10.9. The van der Waals surface area contributed by atoms with Crippen molar-refractivity contribution in [2.24, 2.45) is 23.7 Å². The third-order valence-corrected chi connectivity index (χ3v) is 4.46. The number of carboxylic acid groups (broad SMARTS) is 1. The Morgan fingerprint density at radius 2 is 1.91 bits per heavy atom. The summed E-state index contributed by atoms with van der Waals surface area (Å²) >= 11 is 0. The lowest BCUT2D eigenvalue weighted by Crippen LogP contribution is -2.36. The van der Waals surface area contributed by atoms with Crippen LogP contribution in [0.3, 0.4) is 0 Å². The lowest BCUT2D eigenvalue weighted by molar-refractivity contribution is -0.387. The number of nitrogens with one attached hydrogen (secondary N) is 1. The normalized spacial score (nSPS) is 27.9. The van der Waals surface area contributed by atoms with Gasteiger partial charge in [-0.15, -0.1) is 0 Å². The molecular formula is C15H13FN2O5. The van der Waals surface area contributed by atoms with E-state index >= 15 is 0 Å². The zero-order chi connectivity index (χ0) is 16.7. The Hall–Kier alpha value is -2.77. The molecule has 1 fully saturated rings. The molecule has 2 N–H and O–H groups in total. The fourth-order valence-corrected chi connectivity index (χ4v) is 3.47. The van der Waals surface area contributed by atoms with Crippen molar-refractivity contribution < 1.29 is 24.0 Å². The SMILES string of the molecule is O=C(O)C1C2C=CC(C2)C1C(=O)Nc1ccc(F)c([N+](=O)[O-])c1. The zero-order valence-corrected chi connectivity index (χ0v) is 11.8. The molecule has 23 heavy (non-hydrogen) atoms. The van der Waals surface area contributed by atoms with Gasteiger partial charge in [0.05, 0.1) is 16.8 Å². The average Bonchev–Trinajstić information content (AvgIpc) is 3.09. The monoisotopic (exact) mass is 320 g/mol. The maximum atomic E-state index is 13.3. The molecule has 0 saturated heterocycles. The van der Waals surface area contributed by atoms with E-state index in [0.29, 0.717) is 6.42 Å². The second-order valence-electron chi connectivity index (χ2n) is 5.75. The lowest BCUT2D eigenvalue weighted by Gasteiger charge is -2.23. The van der Waals surface area contributed by atoms with Crippen LogP contribution in [0.4, 0.5) is 15.8 Å². The number of allylic oxidation sites excluding steroid dienone is 2. The minimum Gasteiger partial charge on any atom is -0.481 e. The Morgan fingerprint density at radius 3 is 2.52 bits per heavy atom. The molecule has 4 atom stereocenters. The number of nitro benzene ring substituents is 1. The van der Waals surface area contributed by atoms with Gasteiger partial charge in [0, 0.05) is 11.8 Å². The van der Waals surface area contributed by atoms with E-state index in [9.17, 15) is 29.2 Å². The molecule has 0 aromatic heterocycles. The zero-order valence-electron chi connectivity index (χ0n) is 11.8. The second kappa shape index (κ2) is 5.45. The van der Waals surface area contributed by atoms with Crippen molar-refractivity contribution in [3.05, 3.63) is 46.3 Å². The van der Waals surface area contributed by atoms with Gasteiger partial charge >= 0.3 is 11.7 Å². The first-order valence-electron chi connectivity index (χ1n) is 7.04. The van der Waals surface area contributed by atoms with Crippen LogP contribution in [-0.4, -0.2) is 21.9 Å². The smallest absolute Gasteiger partial charge is 0.307 e. The summed E-state index contributed by atoms with van der Waals surface area (Å²) in [4.78, 5) is 33.7. The Morgan fingerprint density at radius 1 is 1.26 bits per heavy atom. The van der Waals surface area contributed by atoms with E-state index in [1.54, 1.807) is 0 Å². The van der Waals surface area contributed by atoms with Crippen LogP contribution in [0.2, 0.25) is 0 Å². The lowest BCUT2D eigenvalue weighted by atomic mass is 9.82. The first kappa shape index (κ1) is 15.1. The summed E-state index contributed by atoms with van der Waals surface area (Å²) in [6.07, 6.45) is 4.26. The number of fused-ring (bicyclic) bond motifs is 2. The fraction of sp³-hybridized carbons (Fsp3) is 0.333. The summed E-state index contributed by atoms with van der Waals surface area (Å²) in [6, 6.07) is 3.02. The van der Waals surface area contributed by atoms with E-state index < -0.39 is 40.1 Å². The molecule has 2 aliphatic carbocycles. The maximum absolute atomic E-state index is 13.3. The molecular weight excluding hydrogens is 307 g/mol. The predicted molar refractivity (Wildman–Crippen MR) is 77.0 cm³/mol. The number of rotatable bonds is 4. The highest BCUT2D eigenvalue weighted by atomic mass is 19.1. The highest BCUT2D eigenvalue weighted by molar-refractivity contribution is 5.96. The van der Waals surface area contributed by atoms with Crippen LogP contribution in [0.5, 0.6) is 0 Å². The Labute approximate surface area is 130 Å². The standard InChI is InChI=1S/C15H13FN2O5/c16-10-4-3-9(6-11(10)18(22)23)17-14(19)12-7-1-2-8(5-7)13(12)15(20)21/h1-4,6-8,12-13H,5H2,(H,17,19)(H,20,21). The molecule has 7 nitrogen and oxygen atoms in total. The summed E-state index contributed by atoms with van der Waals surface area (Å²) in [5.41, 5.74) is -0.676. The van der Waals surface area contributed by atoms with Crippen molar-refractivity contribution in [1.82, 2.24) is 0 Å². The minimum atomic E-state index is -1.04. The third kappa shape index (κ3) is 2.56. The topological polar surface area (TPSA) is 110 Å². The quantitative estimate of drug-likeness (QED) is 0.502. The van der Waals surface area contributed by atoms with Gasteiger partial charge in [-0.2, -0.15) is 4.39 Å². The van der Waals surface area contributed by atoms with E-state index in [1.807, 2.05) is 12.2 Å². The summed E-state index contributed by atoms with van der Waals surface area (Å²) in [6.45, 7) is 0. The number of nitrogens with zero attached hydrogens (tertiary/aromatic N) is 1. The van der Waals surface area contributed by atoms with E-state index in [4.69, 9.17) is 0 Å². The minimum absolute atomic E-state index is 0.0685. The van der Waals surface area contributed by atoms with Crippen LogP contribution in [-0.2, 0) is 9.59 Å². The van der Waals surface area contributed by atoms with Gasteiger partial charge in [0.2, 0.25) is 11.7 Å². The van der Waals surface area contributed by atoms with Gasteiger partial charge in [0.15, 0.2) is 0 Å². The molecule has 1 saturated carbocycles. The number of nitro groups is 1. The van der Waals surface area contributed by atoms with E-state index in [-0.39, 0.29) is 17.5 Å². The van der Waals surface area contributed by atoms with Gasteiger partial charge < -0.3 is 10.4 Å². The number of halogens is 1. The number of anilines is 1. The molecule has 1 aromatic carbocycles. The molecule has 0 spiro atoms. The van der Waals surface area contributed by atoms with Gasteiger partial charge in [-0.05, 0) is 30.4 Å². The van der Waals surface area contributed by atoms with Gasteiger partial charge in [-0.25, -0.2) is 0 Å². The number of hydrogen-bond donors (Lipinski definition) is 2. The molecule has 8 heteroatoms. The van der Waals surface area contributed by atoms with Crippen LogP contribution < -0.4 is 5.32 Å². The number of carbonyl (C=O) groups is 2. The van der Waals surface area contributed by atoms with Crippen LogP contribution in [0.15, 0.2) is 30.4 Å². The van der Waals surface area contributed by atoms with Crippen molar-refractivity contribution in [3.8, 4) is 0 Å². The van der Waals surface area contributed by atoms with E-state index in [1.165, 1.54) is 6.07 Å². The van der Waals surface area contributed by atoms with Crippen LogP contribution >= 0.6 is 0 Å². The Kier molecular flexibility index (Phi) is 3.59. The van der Waals surface area contributed by atoms with Crippen LogP contribution in [0, 0.1) is 39.6 Å². The van der Waals surface area contributed by atoms with Crippen molar-refractivity contribution >= 4 is 23.3 Å². The van der Waals surface area contributed by atoms with Gasteiger partial charge in [-0.1, -0.05) is 12.2 Å². The predicted octanol–water partition coefficient (Wildman–Crippen LogP) is 2.20. The number of aliphatic carboxylic acids is 1. The summed E-state index contributed by atoms with van der Waals surface area (Å²) in [5, 5.41) is 22.5. The van der Waals surface area contributed by atoms with E-state index in [0.717, 1.165) is 12.1 Å². The number of amides is 1. The Balaban J connectivity index is 1.82. The van der Waals surface area contributed by atoms with Crippen LogP contribution in [0.1, 0.15) is 6.42 Å². The number of carbonyl (C=O) groups excluding carboxylic acids is 1. The molecule has 3 rings (SSSR count). The second-order valence-corrected chi connectivity index (χ2v) is 5.75. The fourth-order valence-electron chi connectivity index (χ4n) is 3.47. The van der Waals surface area contributed by atoms with Gasteiger partial charge in [0.1, 0.15) is 0 Å². The van der Waals surface area contributed by atoms with Crippen molar-refractivity contribution in [2.75, 3.05) is 5.32 Å². The molecule has 1 aromatic rings. The van der Waals surface area contributed by atoms with Gasteiger partial charge in [-0.3, -0.25) is 19.7 Å². The number of carboxylic acids is 1. The largest absolute Gasteiger partial charge is 0.481 e. The molecule has 1 amide bonds. The maximum Gasteiger partial charge on any atom is 0.307 e.